The van der Waals surface area contributed by atoms with Crippen molar-refractivity contribution in [2.24, 2.45) is 0 Å². The van der Waals surface area contributed by atoms with E-state index in [0.29, 0.717) is 43.1 Å². The third-order valence-electron chi connectivity index (χ3n) is 6.07. The van der Waals surface area contributed by atoms with Gasteiger partial charge in [-0.15, -0.1) is 0 Å². The number of aliphatic carboxylic acids is 1. The Hall–Kier alpha value is -3.22. The van der Waals surface area contributed by atoms with E-state index in [1.54, 1.807) is 21.6 Å². The predicted molar refractivity (Wildman–Crippen MR) is 113 cm³/mol. The summed E-state index contributed by atoms with van der Waals surface area (Å²) in [5.41, 5.74) is 3.32. The predicted octanol–water partition coefficient (Wildman–Crippen LogP) is 3.95. The summed E-state index contributed by atoms with van der Waals surface area (Å²) in [6.45, 7) is 1.80. The third kappa shape index (κ3) is 4.31. The van der Waals surface area contributed by atoms with Crippen LogP contribution in [-0.2, 0) is 35.4 Å². The van der Waals surface area contributed by atoms with Gasteiger partial charge >= 0.3 is 5.97 Å². The van der Waals surface area contributed by atoms with Gasteiger partial charge in [0.15, 0.2) is 0 Å². The van der Waals surface area contributed by atoms with Crippen molar-refractivity contribution in [3.63, 3.8) is 0 Å². The lowest BCUT2D eigenvalue weighted by Gasteiger charge is -2.34. The number of carboxylic acids is 1. The quantitative estimate of drug-likeness (QED) is 0.649. The molecule has 162 valence electrons. The summed E-state index contributed by atoms with van der Waals surface area (Å²) in [5.74, 6) is -1.70. The van der Waals surface area contributed by atoms with Crippen LogP contribution in [0.1, 0.15) is 30.2 Å². The molecule has 4 rings (SSSR count). The second-order valence-electron chi connectivity index (χ2n) is 8.06. The van der Waals surface area contributed by atoms with Gasteiger partial charge < -0.3 is 14.6 Å². The number of aromatic nitrogens is 1. The molecule has 0 bridgehead atoms. The molecular weight excluding hydrogens is 402 g/mol. The lowest BCUT2D eigenvalue weighted by Crippen LogP contribution is -2.43. The van der Waals surface area contributed by atoms with Crippen molar-refractivity contribution in [2.75, 3.05) is 6.54 Å². The van der Waals surface area contributed by atoms with Gasteiger partial charge in [0.05, 0.1) is 0 Å². The Morgan fingerprint density at radius 3 is 2.65 bits per heavy atom. The van der Waals surface area contributed by atoms with Gasteiger partial charge in [-0.25, -0.2) is 8.78 Å². The molecule has 1 N–H and O–H groups in total. The second-order valence-corrected chi connectivity index (χ2v) is 8.06. The molecule has 0 spiro atoms. The Bertz CT molecular complexity index is 1160. The van der Waals surface area contributed by atoms with Gasteiger partial charge in [0, 0.05) is 36.1 Å². The van der Waals surface area contributed by atoms with Gasteiger partial charge in [-0.2, -0.15) is 0 Å². The van der Waals surface area contributed by atoms with Crippen molar-refractivity contribution in [3.8, 4) is 0 Å². The van der Waals surface area contributed by atoms with Crippen LogP contribution in [0.2, 0.25) is 0 Å². The van der Waals surface area contributed by atoms with E-state index in [1.165, 1.54) is 31.2 Å². The minimum Gasteiger partial charge on any atom is -0.480 e. The van der Waals surface area contributed by atoms with Gasteiger partial charge in [-0.05, 0) is 67.1 Å². The summed E-state index contributed by atoms with van der Waals surface area (Å²) in [6.07, 6.45) is 2.36. The molecule has 0 saturated heterocycles. The maximum Gasteiger partial charge on any atom is 0.323 e. The molecule has 0 fully saturated rings. The van der Waals surface area contributed by atoms with Crippen molar-refractivity contribution in [1.82, 2.24) is 9.47 Å². The number of benzene rings is 2. The maximum atomic E-state index is 14.0. The highest BCUT2D eigenvalue weighted by Crippen LogP contribution is 2.34. The van der Waals surface area contributed by atoms with Crippen LogP contribution in [0.3, 0.4) is 0 Å². The van der Waals surface area contributed by atoms with E-state index in [-0.39, 0.29) is 30.1 Å². The normalized spacial score (nSPS) is 15.6. The number of rotatable bonds is 6. The Kier molecular flexibility index (Phi) is 5.76. The van der Waals surface area contributed by atoms with Crippen molar-refractivity contribution < 1.29 is 23.5 Å². The number of carbonyl (C=O) groups is 2. The first-order valence-corrected chi connectivity index (χ1v) is 10.4. The summed E-state index contributed by atoms with van der Waals surface area (Å²) in [6, 6.07) is 10.7. The number of halogens is 2. The van der Waals surface area contributed by atoms with Gasteiger partial charge in [0.25, 0.3) is 0 Å². The summed E-state index contributed by atoms with van der Waals surface area (Å²) >= 11 is 0. The molecule has 1 aliphatic rings. The lowest BCUT2D eigenvalue weighted by molar-refractivity contribution is -0.137. The number of fused-ring (bicyclic) bond motifs is 3. The second kappa shape index (κ2) is 8.49. The van der Waals surface area contributed by atoms with Crippen molar-refractivity contribution >= 4 is 22.8 Å². The van der Waals surface area contributed by atoms with Gasteiger partial charge in [0.2, 0.25) is 5.91 Å². The lowest BCUT2D eigenvalue weighted by atomic mass is 9.90. The van der Waals surface area contributed by atoms with Crippen LogP contribution < -0.4 is 0 Å². The van der Waals surface area contributed by atoms with E-state index >= 15 is 0 Å². The zero-order chi connectivity index (χ0) is 22.1. The number of nitrogens with zero attached hydrogens (tertiary/aromatic N) is 2. The maximum absolute atomic E-state index is 14.0. The summed E-state index contributed by atoms with van der Waals surface area (Å²) in [7, 11) is 0. The minimum atomic E-state index is -0.952. The first-order valence-electron chi connectivity index (χ1n) is 10.4. The molecule has 1 heterocycles. The van der Waals surface area contributed by atoms with Gasteiger partial charge in [-0.1, -0.05) is 12.1 Å². The van der Waals surface area contributed by atoms with Gasteiger partial charge in [-0.3, -0.25) is 9.59 Å². The molecule has 2 aromatic carbocycles. The fourth-order valence-corrected chi connectivity index (χ4v) is 4.72. The number of carbonyl (C=O) groups excluding carboxylic acids is 1. The first-order chi connectivity index (χ1) is 14.8. The van der Waals surface area contributed by atoms with Crippen LogP contribution in [0.15, 0.2) is 42.5 Å². The third-order valence-corrected chi connectivity index (χ3v) is 6.07. The van der Waals surface area contributed by atoms with E-state index in [9.17, 15) is 23.5 Å². The molecule has 1 atom stereocenters. The molecular formula is C24H24F2N2O3. The number of amides is 1. The van der Waals surface area contributed by atoms with E-state index in [2.05, 4.69) is 0 Å². The molecule has 1 amide bonds. The molecule has 0 unspecified atom stereocenters. The van der Waals surface area contributed by atoms with Crippen molar-refractivity contribution in [2.45, 2.75) is 45.2 Å². The molecule has 7 heteroatoms. The largest absolute Gasteiger partial charge is 0.480 e. The fourth-order valence-electron chi connectivity index (χ4n) is 4.72. The van der Waals surface area contributed by atoms with Crippen LogP contribution in [0.5, 0.6) is 0 Å². The Morgan fingerprint density at radius 2 is 1.94 bits per heavy atom. The number of hydrogen-bond acceptors (Lipinski definition) is 2. The molecule has 1 aromatic heterocycles. The SMILES string of the molecule is CC(=O)N(CCc1cccc(F)c1)[C@H]1CCc2c(c3cc(F)ccc3n2CC(=O)O)C1. The van der Waals surface area contributed by atoms with E-state index in [0.717, 1.165) is 16.8 Å². The summed E-state index contributed by atoms with van der Waals surface area (Å²) < 4.78 is 29.2. The van der Waals surface area contributed by atoms with Crippen LogP contribution >= 0.6 is 0 Å². The highest BCUT2D eigenvalue weighted by molar-refractivity contribution is 5.87. The monoisotopic (exact) mass is 426 g/mol. The van der Waals surface area contributed by atoms with Crippen molar-refractivity contribution in [1.29, 1.82) is 0 Å². The smallest absolute Gasteiger partial charge is 0.323 e. The minimum absolute atomic E-state index is 0.0645. The first kappa shape index (κ1) is 21.0. The molecule has 1 aliphatic carbocycles. The van der Waals surface area contributed by atoms with Crippen LogP contribution in [-0.4, -0.2) is 39.0 Å². The Labute approximate surface area is 178 Å². The molecule has 0 radical (unpaired) electrons. The van der Waals surface area contributed by atoms with E-state index in [4.69, 9.17) is 0 Å². The van der Waals surface area contributed by atoms with E-state index in [1.807, 2.05) is 6.07 Å². The zero-order valence-corrected chi connectivity index (χ0v) is 17.3. The van der Waals surface area contributed by atoms with E-state index < -0.39 is 5.97 Å². The average molecular weight is 426 g/mol. The zero-order valence-electron chi connectivity index (χ0n) is 17.3. The van der Waals surface area contributed by atoms with Crippen LogP contribution in [0.25, 0.3) is 10.9 Å². The molecule has 0 aliphatic heterocycles. The van der Waals surface area contributed by atoms with Crippen LogP contribution in [0.4, 0.5) is 8.78 Å². The average Bonchev–Trinajstić information content (AvgIpc) is 3.00. The van der Waals surface area contributed by atoms with Crippen LogP contribution in [0, 0.1) is 11.6 Å². The highest BCUT2D eigenvalue weighted by atomic mass is 19.1. The molecule has 0 saturated carbocycles. The van der Waals surface area contributed by atoms with Crippen molar-refractivity contribution in [3.05, 3.63) is 70.9 Å². The number of hydrogen-bond donors (Lipinski definition) is 1. The molecule has 31 heavy (non-hydrogen) atoms. The Balaban J connectivity index is 1.63. The fraction of sp³-hybridized carbons (Fsp3) is 0.333. The highest BCUT2D eigenvalue weighted by Gasteiger charge is 2.30. The van der Waals surface area contributed by atoms with Gasteiger partial charge in [0.1, 0.15) is 18.2 Å². The standard InChI is InChI=1S/C24H24F2N2O3/c1-15(29)27(10-9-16-3-2-4-17(25)11-16)19-6-8-23-21(13-19)20-12-18(26)5-7-22(20)28(23)14-24(30)31/h2-5,7,11-12,19H,6,8-10,13-14H2,1H3,(H,30,31)/t19-/m0/s1. The Morgan fingerprint density at radius 1 is 1.16 bits per heavy atom. The molecule has 5 nitrogen and oxygen atoms in total. The summed E-state index contributed by atoms with van der Waals surface area (Å²) in [4.78, 5) is 25.6. The summed E-state index contributed by atoms with van der Waals surface area (Å²) in [5, 5.41) is 10.0. The topological polar surface area (TPSA) is 62.5 Å². The molecule has 3 aromatic rings. The number of carboxylic acid groups (broad SMARTS) is 1.